The lowest BCUT2D eigenvalue weighted by Crippen LogP contribution is -2.50. The van der Waals surface area contributed by atoms with Crippen molar-refractivity contribution in [2.24, 2.45) is 0 Å². The number of piperazine rings is 1. The second kappa shape index (κ2) is 8.81. The Labute approximate surface area is 150 Å². The molecule has 25 heavy (non-hydrogen) atoms. The summed E-state index contributed by atoms with van der Waals surface area (Å²) in [6.45, 7) is 11.1. The van der Waals surface area contributed by atoms with Crippen LogP contribution in [0.3, 0.4) is 0 Å². The van der Waals surface area contributed by atoms with E-state index in [1.165, 1.54) is 0 Å². The highest BCUT2D eigenvalue weighted by Crippen LogP contribution is 2.19. The van der Waals surface area contributed by atoms with E-state index in [0.717, 1.165) is 41.9 Å². The fourth-order valence-corrected chi connectivity index (χ4v) is 3.15. The third kappa shape index (κ3) is 5.16. The van der Waals surface area contributed by atoms with Crippen molar-refractivity contribution >= 4 is 17.5 Å². The number of para-hydroxylation sites is 1. The molecule has 5 heteroatoms. The van der Waals surface area contributed by atoms with Crippen molar-refractivity contribution in [2.75, 3.05) is 38.0 Å². The molecule has 1 saturated heterocycles. The zero-order valence-electron chi connectivity index (χ0n) is 15.8. The molecular weight excluding hydrogens is 314 g/mol. The average molecular weight is 343 g/mol. The van der Waals surface area contributed by atoms with Crippen LogP contribution in [0.1, 0.15) is 31.4 Å². The largest absolute Gasteiger partial charge is 0.336 e. The quantitative estimate of drug-likeness (QED) is 0.837. The summed E-state index contributed by atoms with van der Waals surface area (Å²) in [5, 5.41) is 3.02. The zero-order valence-corrected chi connectivity index (χ0v) is 15.8. The van der Waals surface area contributed by atoms with Gasteiger partial charge in [0.05, 0.1) is 6.54 Å². The molecule has 1 aromatic carbocycles. The lowest BCUT2D eigenvalue weighted by molar-refractivity contribution is -0.129. The minimum Gasteiger partial charge on any atom is -0.336 e. The van der Waals surface area contributed by atoms with Gasteiger partial charge in [-0.05, 0) is 38.3 Å². The Morgan fingerprint density at radius 2 is 1.72 bits per heavy atom. The molecule has 5 nitrogen and oxygen atoms in total. The molecule has 2 rings (SSSR count). The van der Waals surface area contributed by atoms with Crippen molar-refractivity contribution in [3.8, 4) is 0 Å². The smallest absolute Gasteiger partial charge is 0.249 e. The maximum atomic E-state index is 12.4. The molecule has 1 aliphatic rings. The predicted molar refractivity (Wildman–Crippen MR) is 102 cm³/mol. The number of rotatable bonds is 5. The summed E-state index contributed by atoms with van der Waals surface area (Å²) in [6, 6.07) is 5.99. The molecule has 0 bridgehead atoms. The first-order valence-corrected chi connectivity index (χ1v) is 8.96. The molecule has 0 unspecified atom stereocenters. The van der Waals surface area contributed by atoms with E-state index in [1.807, 2.05) is 56.9 Å². The zero-order chi connectivity index (χ0) is 18.4. The molecule has 0 saturated carbocycles. The van der Waals surface area contributed by atoms with Gasteiger partial charge < -0.3 is 10.2 Å². The molecule has 1 aromatic rings. The number of anilines is 1. The van der Waals surface area contributed by atoms with Crippen LogP contribution in [0.15, 0.2) is 29.8 Å². The molecule has 136 valence electrons. The van der Waals surface area contributed by atoms with Gasteiger partial charge in [0, 0.05) is 37.4 Å². The molecule has 1 aliphatic heterocycles. The third-order valence-corrected chi connectivity index (χ3v) is 4.62. The van der Waals surface area contributed by atoms with E-state index in [2.05, 4.69) is 10.2 Å². The number of hydrogen-bond donors (Lipinski definition) is 1. The van der Waals surface area contributed by atoms with Crippen molar-refractivity contribution < 1.29 is 9.59 Å². The summed E-state index contributed by atoms with van der Waals surface area (Å²) >= 11 is 0. The van der Waals surface area contributed by atoms with Crippen LogP contribution in [0.4, 0.5) is 5.69 Å². The summed E-state index contributed by atoms with van der Waals surface area (Å²) in [5.41, 5.74) is 3.86. The monoisotopic (exact) mass is 343 g/mol. The average Bonchev–Trinajstić information content (AvgIpc) is 2.58. The highest BCUT2D eigenvalue weighted by atomic mass is 16.2. The number of carbonyl (C=O) groups excluding carboxylic acids is 2. The van der Waals surface area contributed by atoms with E-state index >= 15 is 0 Å². The molecular formula is C20H29N3O2. The Bertz CT molecular complexity index is 639. The first kappa shape index (κ1) is 19.2. The van der Waals surface area contributed by atoms with Gasteiger partial charge in [-0.1, -0.05) is 31.2 Å². The van der Waals surface area contributed by atoms with Crippen LogP contribution < -0.4 is 5.32 Å². The Morgan fingerprint density at radius 1 is 1.12 bits per heavy atom. The number of carbonyl (C=O) groups is 2. The summed E-state index contributed by atoms with van der Waals surface area (Å²) in [6.07, 6.45) is 2.84. The Morgan fingerprint density at radius 3 is 2.28 bits per heavy atom. The molecule has 1 heterocycles. The van der Waals surface area contributed by atoms with Gasteiger partial charge in [0.2, 0.25) is 11.8 Å². The Hall–Kier alpha value is -2.14. The van der Waals surface area contributed by atoms with Crippen LogP contribution in [-0.4, -0.2) is 54.3 Å². The summed E-state index contributed by atoms with van der Waals surface area (Å²) in [4.78, 5) is 28.6. The van der Waals surface area contributed by atoms with Crippen molar-refractivity contribution in [1.82, 2.24) is 9.80 Å². The van der Waals surface area contributed by atoms with E-state index < -0.39 is 0 Å². The van der Waals surface area contributed by atoms with Gasteiger partial charge in [0.15, 0.2) is 0 Å². The van der Waals surface area contributed by atoms with E-state index in [-0.39, 0.29) is 11.8 Å². The van der Waals surface area contributed by atoms with E-state index in [1.54, 1.807) is 0 Å². The molecule has 0 radical (unpaired) electrons. The van der Waals surface area contributed by atoms with Crippen LogP contribution in [0.25, 0.3) is 0 Å². The number of nitrogens with zero attached hydrogens (tertiary/aromatic N) is 2. The number of benzene rings is 1. The Kier molecular flexibility index (Phi) is 6.76. The van der Waals surface area contributed by atoms with Crippen LogP contribution >= 0.6 is 0 Å². The maximum absolute atomic E-state index is 12.4. The number of nitrogens with one attached hydrogen (secondary N) is 1. The standard InChI is InChI=1S/C20H29N3O2/c1-5-7-17(4)20(25)23-12-10-22(11-13-23)14-18(24)21-19-15(2)8-6-9-16(19)3/h6-9H,5,10-14H2,1-4H3,(H,21,24). The van der Waals surface area contributed by atoms with Gasteiger partial charge in [-0.15, -0.1) is 0 Å². The lowest BCUT2D eigenvalue weighted by Gasteiger charge is -2.34. The first-order chi connectivity index (χ1) is 11.9. The number of hydrogen-bond acceptors (Lipinski definition) is 3. The SMILES string of the molecule is CCC=C(C)C(=O)N1CCN(CC(=O)Nc2c(C)cccc2C)CC1. The maximum Gasteiger partial charge on any atom is 0.249 e. The first-order valence-electron chi connectivity index (χ1n) is 8.96. The van der Waals surface area contributed by atoms with Crippen molar-refractivity contribution in [3.63, 3.8) is 0 Å². The normalized spacial score (nSPS) is 16.0. The summed E-state index contributed by atoms with van der Waals surface area (Å²) in [5.74, 6) is 0.112. The third-order valence-electron chi connectivity index (χ3n) is 4.62. The van der Waals surface area contributed by atoms with Crippen LogP contribution in [0.2, 0.25) is 0 Å². The van der Waals surface area contributed by atoms with Crippen LogP contribution in [0.5, 0.6) is 0 Å². The molecule has 0 aliphatic carbocycles. The van der Waals surface area contributed by atoms with Crippen molar-refractivity contribution in [3.05, 3.63) is 41.0 Å². The minimum atomic E-state index is -0.000707. The second-order valence-corrected chi connectivity index (χ2v) is 6.68. The van der Waals surface area contributed by atoms with Crippen LogP contribution in [-0.2, 0) is 9.59 Å². The minimum absolute atomic E-state index is 0.000707. The number of aryl methyl sites for hydroxylation is 2. The van der Waals surface area contributed by atoms with Gasteiger partial charge in [-0.25, -0.2) is 0 Å². The predicted octanol–water partition coefficient (Wildman–Crippen LogP) is 2.74. The molecule has 2 amide bonds. The van der Waals surface area contributed by atoms with Gasteiger partial charge in [-0.2, -0.15) is 0 Å². The topological polar surface area (TPSA) is 52.7 Å². The highest BCUT2D eigenvalue weighted by molar-refractivity contribution is 5.94. The summed E-state index contributed by atoms with van der Waals surface area (Å²) < 4.78 is 0. The Balaban J connectivity index is 1.85. The molecule has 0 aromatic heterocycles. The molecule has 1 fully saturated rings. The van der Waals surface area contributed by atoms with Crippen molar-refractivity contribution in [2.45, 2.75) is 34.1 Å². The molecule has 1 N–H and O–H groups in total. The molecule has 0 spiro atoms. The van der Waals surface area contributed by atoms with Gasteiger partial charge in [0.25, 0.3) is 0 Å². The van der Waals surface area contributed by atoms with Crippen LogP contribution in [0, 0.1) is 13.8 Å². The van der Waals surface area contributed by atoms with Crippen molar-refractivity contribution in [1.29, 1.82) is 0 Å². The fraction of sp³-hybridized carbons (Fsp3) is 0.500. The summed E-state index contributed by atoms with van der Waals surface area (Å²) in [7, 11) is 0. The van der Waals surface area contributed by atoms with Gasteiger partial charge in [-0.3, -0.25) is 14.5 Å². The molecule has 0 atom stereocenters. The van der Waals surface area contributed by atoms with Gasteiger partial charge >= 0.3 is 0 Å². The number of amides is 2. The van der Waals surface area contributed by atoms with Gasteiger partial charge in [0.1, 0.15) is 0 Å². The highest BCUT2D eigenvalue weighted by Gasteiger charge is 2.23. The lowest BCUT2D eigenvalue weighted by atomic mass is 10.1. The fourth-order valence-electron chi connectivity index (χ4n) is 3.15. The number of allylic oxidation sites excluding steroid dienone is 1. The van der Waals surface area contributed by atoms with E-state index in [0.29, 0.717) is 19.6 Å². The van der Waals surface area contributed by atoms with E-state index in [9.17, 15) is 9.59 Å². The van der Waals surface area contributed by atoms with E-state index in [4.69, 9.17) is 0 Å². The second-order valence-electron chi connectivity index (χ2n) is 6.68.